The summed E-state index contributed by atoms with van der Waals surface area (Å²) >= 11 is 0. The van der Waals surface area contributed by atoms with Crippen LogP contribution >= 0.6 is 0 Å². The molecule has 2 aromatic rings. The van der Waals surface area contributed by atoms with Gasteiger partial charge in [-0.05, 0) is 58.6 Å². The predicted molar refractivity (Wildman–Crippen MR) is 156 cm³/mol. The van der Waals surface area contributed by atoms with Crippen molar-refractivity contribution in [2.75, 3.05) is 13.2 Å². The molecule has 3 amide bonds. The molecule has 218 valence electrons. The van der Waals surface area contributed by atoms with Gasteiger partial charge in [0, 0.05) is 19.0 Å². The van der Waals surface area contributed by atoms with E-state index in [0.29, 0.717) is 5.56 Å². The van der Waals surface area contributed by atoms with E-state index in [1.54, 1.807) is 20.8 Å². The van der Waals surface area contributed by atoms with Crippen LogP contribution in [0.25, 0.3) is 0 Å². The van der Waals surface area contributed by atoms with Crippen molar-refractivity contribution in [2.24, 2.45) is 0 Å². The van der Waals surface area contributed by atoms with Gasteiger partial charge in [0.2, 0.25) is 11.8 Å². The topological polar surface area (TPSA) is 108 Å². The van der Waals surface area contributed by atoms with Crippen LogP contribution in [0.3, 0.4) is 0 Å². The number of aliphatic hydroxyl groups excluding tert-OH is 1. The van der Waals surface area contributed by atoms with E-state index >= 15 is 0 Å². The number of carbonyl (C=O) groups excluding carboxylic acids is 3. The number of hydrogen-bond acceptors (Lipinski definition) is 5. The highest BCUT2D eigenvalue weighted by molar-refractivity contribution is 5.92. The van der Waals surface area contributed by atoms with Crippen LogP contribution in [0.2, 0.25) is 0 Å². The maximum atomic E-state index is 14.3. The van der Waals surface area contributed by atoms with Crippen LogP contribution in [-0.2, 0) is 20.7 Å². The number of rotatable bonds is 10. The van der Waals surface area contributed by atoms with Crippen molar-refractivity contribution in [2.45, 2.75) is 96.9 Å². The molecule has 1 saturated carbocycles. The lowest BCUT2D eigenvalue weighted by Crippen LogP contribution is -2.55. The molecule has 1 aliphatic rings. The van der Waals surface area contributed by atoms with Gasteiger partial charge < -0.3 is 25.4 Å². The number of nitrogens with one attached hydrogen (secondary N) is 2. The molecule has 0 bridgehead atoms. The second kappa shape index (κ2) is 14.3. The Morgan fingerprint density at radius 3 is 2.20 bits per heavy atom. The van der Waals surface area contributed by atoms with Crippen LogP contribution in [-0.4, -0.2) is 58.8 Å². The smallest absolute Gasteiger partial charge is 0.408 e. The number of carbonyl (C=O) groups is 3. The summed E-state index contributed by atoms with van der Waals surface area (Å²) in [4.78, 5) is 42.5. The Labute approximate surface area is 238 Å². The molecule has 0 aliphatic heterocycles. The molecule has 8 heteroatoms. The van der Waals surface area contributed by atoms with E-state index in [1.165, 1.54) is 4.90 Å². The van der Waals surface area contributed by atoms with Crippen molar-refractivity contribution in [3.8, 4) is 0 Å². The maximum absolute atomic E-state index is 14.3. The fourth-order valence-electron chi connectivity index (χ4n) is 5.34. The first kappa shape index (κ1) is 31.1. The lowest BCUT2D eigenvalue weighted by atomic mass is 9.94. The van der Waals surface area contributed by atoms with Crippen molar-refractivity contribution in [3.63, 3.8) is 0 Å². The van der Waals surface area contributed by atoms with Crippen molar-refractivity contribution in [1.82, 2.24) is 15.5 Å². The van der Waals surface area contributed by atoms with Gasteiger partial charge in [0.1, 0.15) is 17.7 Å². The van der Waals surface area contributed by atoms with Gasteiger partial charge in [-0.15, -0.1) is 0 Å². The predicted octanol–water partition coefficient (Wildman–Crippen LogP) is 4.75. The first-order chi connectivity index (χ1) is 19.0. The molecule has 3 rings (SSSR count). The molecule has 2 atom stereocenters. The molecule has 3 N–H and O–H groups in total. The molecule has 0 aromatic heterocycles. The van der Waals surface area contributed by atoms with Crippen molar-refractivity contribution in [1.29, 1.82) is 0 Å². The maximum Gasteiger partial charge on any atom is 0.408 e. The number of aliphatic hydroxyl groups is 1. The average molecular weight is 552 g/mol. The van der Waals surface area contributed by atoms with Crippen LogP contribution < -0.4 is 10.6 Å². The standard InChI is InChI=1S/C32H45N3O5/c1-22-18-23(2)20-25(19-22)28(29(37)33-26-14-10-7-11-15-26)35(16-17-36)30(38)27(21-24-12-8-6-9-13-24)34-31(39)40-32(3,4)5/h6,8-9,12-13,18-20,26-28,36H,7,10-11,14-17,21H2,1-5H3,(H,33,37)(H,34,39). The highest BCUT2D eigenvalue weighted by Crippen LogP contribution is 2.27. The fourth-order valence-corrected chi connectivity index (χ4v) is 5.34. The number of alkyl carbamates (subject to hydrolysis) is 1. The zero-order valence-electron chi connectivity index (χ0n) is 24.5. The number of nitrogens with zero attached hydrogens (tertiary/aromatic N) is 1. The van der Waals surface area contributed by atoms with Gasteiger partial charge in [-0.3, -0.25) is 9.59 Å². The molecule has 1 fully saturated rings. The quantitative estimate of drug-likeness (QED) is 0.395. The highest BCUT2D eigenvalue weighted by atomic mass is 16.6. The molecule has 0 saturated heterocycles. The van der Waals surface area contributed by atoms with E-state index in [0.717, 1.165) is 48.8 Å². The second-order valence-corrected chi connectivity index (χ2v) is 11.8. The first-order valence-electron chi connectivity index (χ1n) is 14.3. The van der Waals surface area contributed by atoms with Crippen molar-refractivity contribution in [3.05, 3.63) is 70.8 Å². The Hall–Kier alpha value is -3.39. The van der Waals surface area contributed by atoms with Gasteiger partial charge in [0.15, 0.2) is 0 Å². The summed E-state index contributed by atoms with van der Waals surface area (Å²) in [5, 5.41) is 16.0. The minimum absolute atomic E-state index is 0.0424. The number of hydrogen-bond donors (Lipinski definition) is 3. The lowest BCUT2D eigenvalue weighted by Gasteiger charge is -2.35. The monoisotopic (exact) mass is 551 g/mol. The Morgan fingerprint density at radius 2 is 1.62 bits per heavy atom. The third kappa shape index (κ3) is 9.37. The van der Waals surface area contributed by atoms with E-state index in [4.69, 9.17) is 4.74 Å². The molecule has 40 heavy (non-hydrogen) atoms. The summed E-state index contributed by atoms with van der Waals surface area (Å²) in [5.74, 6) is -0.749. The van der Waals surface area contributed by atoms with E-state index in [9.17, 15) is 19.5 Å². The van der Waals surface area contributed by atoms with Crippen LogP contribution in [0, 0.1) is 13.8 Å². The summed E-state index contributed by atoms with van der Waals surface area (Å²) in [6, 6.07) is 13.3. The lowest BCUT2D eigenvalue weighted by molar-refractivity contribution is -0.143. The van der Waals surface area contributed by atoms with Crippen LogP contribution in [0.5, 0.6) is 0 Å². The third-order valence-corrected chi connectivity index (χ3v) is 6.97. The summed E-state index contributed by atoms with van der Waals surface area (Å²) in [6.07, 6.45) is 4.53. The molecule has 8 nitrogen and oxygen atoms in total. The second-order valence-electron chi connectivity index (χ2n) is 11.8. The Morgan fingerprint density at radius 1 is 1.00 bits per heavy atom. The van der Waals surface area contributed by atoms with Gasteiger partial charge in [0.05, 0.1) is 6.61 Å². The summed E-state index contributed by atoms with van der Waals surface area (Å²) < 4.78 is 5.47. The number of ether oxygens (including phenoxy) is 1. The van der Waals surface area contributed by atoms with Crippen LogP contribution in [0.4, 0.5) is 4.79 Å². The third-order valence-electron chi connectivity index (χ3n) is 6.97. The minimum Gasteiger partial charge on any atom is -0.444 e. The molecule has 2 unspecified atom stereocenters. The molecule has 2 aromatic carbocycles. The molecule has 0 heterocycles. The summed E-state index contributed by atoms with van der Waals surface area (Å²) in [6.45, 7) is 8.75. The fraction of sp³-hybridized carbons (Fsp3) is 0.531. The number of benzene rings is 2. The zero-order chi connectivity index (χ0) is 29.3. The molecule has 0 radical (unpaired) electrons. The van der Waals surface area contributed by atoms with Crippen LogP contribution in [0.1, 0.15) is 81.2 Å². The summed E-state index contributed by atoms with van der Waals surface area (Å²) in [5.41, 5.74) is 2.69. The Bertz CT molecular complexity index is 1120. The van der Waals surface area contributed by atoms with Gasteiger partial charge in [-0.25, -0.2) is 4.79 Å². The van der Waals surface area contributed by atoms with Gasteiger partial charge >= 0.3 is 6.09 Å². The van der Waals surface area contributed by atoms with Gasteiger partial charge in [-0.1, -0.05) is 78.9 Å². The normalized spacial score (nSPS) is 15.6. The molecular formula is C32H45N3O5. The minimum atomic E-state index is -1.01. The average Bonchev–Trinajstić information content (AvgIpc) is 2.87. The largest absolute Gasteiger partial charge is 0.444 e. The Kier molecular flexibility index (Phi) is 11.1. The molecular weight excluding hydrogens is 506 g/mol. The van der Waals surface area contributed by atoms with E-state index < -0.39 is 29.7 Å². The van der Waals surface area contributed by atoms with Gasteiger partial charge in [-0.2, -0.15) is 0 Å². The Balaban J connectivity index is 2.01. The first-order valence-corrected chi connectivity index (χ1v) is 14.3. The van der Waals surface area contributed by atoms with Crippen molar-refractivity contribution >= 4 is 17.9 Å². The van der Waals surface area contributed by atoms with Gasteiger partial charge in [0.25, 0.3) is 0 Å². The van der Waals surface area contributed by atoms with Crippen molar-refractivity contribution < 1.29 is 24.2 Å². The zero-order valence-corrected chi connectivity index (χ0v) is 24.5. The van der Waals surface area contributed by atoms with E-state index in [2.05, 4.69) is 10.6 Å². The molecule has 0 spiro atoms. The summed E-state index contributed by atoms with van der Waals surface area (Å²) in [7, 11) is 0. The van der Waals surface area contributed by atoms with E-state index in [1.807, 2.05) is 62.4 Å². The SMILES string of the molecule is Cc1cc(C)cc(C(C(=O)NC2CCCCC2)N(CCO)C(=O)C(Cc2ccccc2)NC(=O)OC(C)(C)C)c1. The number of amides is 3. The molecule has 1 aliphatic carbocycles. The van der Waals surface area contributed by atoms with E-state index in [-0.39, 0.29) is 31.5 Å². The number of aryl methyl sites for hydroxylation is 2. The van der Waals surface area contributed by atoms with Crippen LogP contribution in [0.15, 0.2) is 48.5 Å². The highest BCUT2D eigenvalue weighted by Gasteiger charge is 2.37.